The Morgan fingerprint density at radius 1 is 0.479 bits per heavy atom. The molecular formula is C48H77N6O19+3. The van der Waals surface area contributed by atoms with E-state index in [1.807, 2.05) is 41.5 Å². The summed E-state index contributed by atoms with van der Waals surface area (Å²) < 4.78 is 47.3. The number of carbonyl (C=O) groups is 3. The van der Waals surface area contributed by atoms with E-state index in [2.05, 4.69) is 0 Å². The van der Waals surface area contributed by atoms with Crippen LogP contribution in [0.5, 0.6) is 17.2 Å². The zero-order valence-electron chi connectivity index (χ0n) is 42.5. The molecule has 20 N–H and O–H groups in total. The maximum absolute atomic E-state index is 13.4. The molecule has 0 radical (unpaired) electrons. The number of likely N-dealkylation sites (N-methyl/N-ethyl adjacent to an activating group) is 3. The van der Waals surface area contributed by atoms with Crippen molar-refractivity contribution >= 4 is 35.0 Å². The molecule has 3 aromatic carbocycles. The fourth-order valence-electron chi connectivity index (χ4n) is 8.07. The molecule has 3 aliphatic rings. The third-order valence-corrected chi connectivity index (χ3v) is 11.8. The molecule has 3 fully saturated rings. The first-order valence-electron chi connectivity index (χ1n) is 24.2. The van der Waals surface area contributed by atoms with Gasteiger partial charge in [0.15, 0.2) is 18.1 Å². The Bertz CT molecular complexity index is 2210. The Morgan fingerprint density at radius 3 is 1.16 bits per heavy atom. The normalized spacial score (nSPS) is 29.6. The highest BCUT2D eigenvalue weighted by atomic mass is 16.7. The summed E-state index contributed by atoms with van der Waals surface area (Å²) in [6.45, 7) is 9.98. The summed E-state index contributed by atoms with van der Waals surface area (Å²) in [6.07, 6.45) is -18.4. The molecule has 0 amide bonds. The molecule has 0 saturated carbocycles. The van der Waals surface area contributed by atoms with E-state index in [-0.39, 0.29) is 33.8 Å². The maximum Gasteiger partial charge on any atom is 0.342 e. The van der Waals surface area contributed by atoms with E-state index >= 15 is 0 Å². The van der Waals surface area contributed by atoms with Gasteiger partial charge in [-0.05, 0) is 54.6 Å². The molecule has 15 atom stereocenters. The van der Waals surface area contributed by atoms with Crippen molar-refractivity contribution in [1.82, 2.24) is 0 Å². The maximum atomic E-state index is 13.4. The molecular weight excluding hydrogens is 965 g/mol. The summed E-state index contributed by atoms with van der Waals surface area (Å²) in [5, 5.41) is 92.3. The lowest BCUT2D eigenvalue weighted by Gasteiger charge is -2.47. The quantitative estimate of drug-likeness (QED) is 0.0287. The van der Waals surface area contributed by atoms with Gasteiger partial charge in [0.25, 0.3) is 0 Å². The third-order valence-electron chi connectivity index (χ3n) is 11.8. The molecule has 25 heteroatoms. The highest BCUT2D eigenvalue weighted by Crippen LogP contribution is 2.33. The van der Waals surface area contributed by atoms with Gasteiger partial charge in [-0.15, -0.1) is 0 Å². The third kappa shape index (κ3) is 15.2. The number of phenols is 3. The number of carbonyl (C=O) groups excluding carboxylic acids is 3. The van der Waals surface area contributed by atoms with E-state index in [0.717, 1.165) is 0 Å². The van der Waals surface area contributed by atoms with Gasteiger partial charge in [-0.3, -0.25) is 0 Å². The molecule has 25 nitrogen and oxygen atoms in total. The van der Waals surface area contributed by atoms with E-state index in [4.69, 9.17) is 55.1 Å². The summed E-state index contributed by atoms with van der Waals surface area (Å²) in [4.78, 5) is 39.4. The van der Waals surface area contributed by atoms with Crippen LogP contribution < -0.4 is 33.2 Å². The van der Waals surface area contributed by atoms with Crippen molar-refractivity contribution in [3.8, 4) is 17.2 Å². The number of nitrogens with two attached hydrogens (primary N) is 6. The van der Waals surface area contributed by atoms with Crippen molar-refractivity contribution in [2.45, 2.75) is 133 Å². The Balaban J connectivity index is 0.00000226. The molecule has 3 saturated heterocycles. The standard InChI is InChI=1S/C42H56N6O19.3C2H6/c1-46-28-33(54)35(26(63-40(28)59)14-61-38(57)20-11-17(44)5-8-23(20)50)66-42-30(48-3)34(55)36(27(65-42)15-62-39(58)21-12-18(45)6-9-24(21)51)67-41-29(47-2)32(53)31(52)25(64-41)13-60-37(56)19-10-16(43)4-7-22(19)49;3*1-2/h4-12,25-36,40-42,46-55,59H,13-15,43-45H2,1-3H3;3*1-2H3/p+3/t25?,26?,27?,28?,29?,30?,31-,32+,33+,34+,35+,36+,40-,41+,42+;;;/m1.../s1. The number of aliphatic hydroxyl groups excluding tert-OH is 5. The smallest absolute Gasteiger partial charge is 0.342 e. The van der Waals surface area contributed by atoms with Gasteiger partial charge in [-0.25, -0.2) is 14.4 Å². The summed E-state index contributed by atoms with van der Waals surface area (Å²) in [5.74, 6) is -4.44. The molecule has 0 aromatic heterocycles. The van der Waals surface area contributed by atoms with Gasteiger partial charge in [0.2, 0.25) is 18.9 Å². The Morgan fingerprint density at radius 2 is 0.795 bits per heavy atom. The Labute approximate surface area is 423 Å². The van der Waals surface area contributed by atoms with Crippen molar-refractivity contribution in [2.24, 2.45) is 0 Å². The number of aliphatic hydroxyl groups is 5. The lowest BCUT2D eigenvalue weighted by Crippen LogP contribution is -2.96. The highest BCUT2D eigenvalue weighted by molar-refractivity contribution is 5.94. The highest BCUT2D eigenvalue weighted by Gasteiger charge is 2.56. The number of hydrogen-bond donors (Lipinski definition) is 14. The molecule has 0 aliphatic carbocycles. The second-order valence-electron chi connectivity index (χ2n) is 16.2. The number of rotatable bonds is 16. The fourth-order valence-corrected chi connectivity index (χ4v) is 8.07. The fraction of sp³-hybridized carbons (Fsp3) is 0.562. The number of benzene rings is 3. The average Bonchev–Trinajstić information content (AvgIpc) is 3.38. The van der Waals surface area contributed by atoms with Crippen molar-refractivity contribution in [3.05, 3.63) is 71.3 Å². The first-order chi connectivity index (χ1) is 34.9. The SMILES string of the molecule is CC.CC.CC.C[NH2+]C1[C@H](O[C@H]2C(COC(=O)c3cc(N)ccc3O)O[C@@H](O[C@H]3C(COC(=O)c4cc(N)ccc4O)O[C@@H](O)C([NH2+]C)[C@@H]3O)C([NH2+]C)[C@@H]2O)OC(COC(=O)c2cc(N)ccc2O)[C@@H](O)[C@H]1O. The van der Waals surface area contributed by atoms with Crippen LogP contribution in [0.15, 0.2) is 54.6 Å². The van der Waals surface area contributed by atoms with Crippen LogP contribution in [0.3, 0.4) is 0 Å². The number of phenolic OH excluding ortho intramolecular Hbond substituents is 3. The van der Waals surface area contributed by atoms with Crippen molar-refractivity contribution < 1.29 is 109 Å². The number of esters is 3. The van der Waals surface area contributed by atoms with Crippen LogP contribution >= 0.6 is 0 Å². The minimum absolute atomic E-state index is 0.123. The van der Waals surface area contributed by atoms with Crippen LogP contribution in [-0.4, -0.2) is 192 Å². The second-order valence-corrected chi connectivity index (χ2v) is 16.2. The molecule has 3 aliphatic heterocycles. The summed E-state index contributed by atoms with van der Waals surface area (Å²) in [5.41, 5.74) is 17.0. The van der Waals surface area contributed by atoms with E-state index in [9.17, 15) is 55.2 Å². The number of quaternary nitrogens is 3. The lowest BCUT2D eigenvalue weighted by molar-refractivity contribution is -0.706. The van der Waals surface area contributed by atoms with Crippen molar-refractivity contribution in [1.29, 1.82) is 0 Å². The Kier molecular flexibility index (Phi) is 24.7. The van der Waals surface area contributed by atoms with Crippen LogP contribution in [0.4, 0.5) is 17.1 Å². The molecule has 3 aromatic rings. The molecule has 410 valence electrons. The van der Waals surface area contributed by atoms with E-state index < -0.39 is 147 Å². The van der Waals surface area contributed by atoms with Crippen LogP contribution in [0.1, 0.15) is 72.6 Å². The van der Waals surface area contributed by atoms with Crippen LogP contribution in [0.2, 0.25) is 0 Å². The predicted molar refractivity (Wildman–Crippen MR) is 259 cm³/mol. The van der Waals surface area contributed by atoms with E-state index in [1.165, 1.54) is 70.5 Å². The van der Waals surface area contributed by atoms with Gasteiger partial charge < -0.3 is 112 Å². The van der Waals surface area contributed by atoms with Crippen LogP contribution in [-0.2, 0) is 37.9 Å². The van der Waals surface area contributed by atoms with E-state index in [1.54, 1.807) is 21.1 Å². The first kappa shape index (κ1) is 61.6. The summed E-state index contributed by atoms with van der Waals surface area (Å²) in [7, 11) is 4.65. The zero-order valence-corrected chi connectivity index (χ0v) is 42.5. The lowest BCUT2D eigenvalue weighted by atomic mass is 9.94. The zero-order chi connectivity index (χ0) is 54.9. The number of hydrogen-bond acceptors (Lipinski definition) is 22. The summed E-state index contributed by atoms with van der Waals surface area (Å²) in [6, 6.07) is 7.87. The Hall–Kier alpha value is -5.65. The molecule has 6 unspecified atom stereocenters. The van der Waals surface area contributed by atoms with Crippen LogP contribution in [0, 0.1) is 0 Å². The van der Waals surface area contributed by atoms with Gasteiger partial charge in [0, 0.05) is 17.1 Å². The van der Waals surface area contributed by atoms with Gasteiger partial charge in [-0.1, -0.05) is 41.5 Å². The minimum atomic E-state index is -1.65. The predicted octanol–water partition coefficient (Wildman–Crippen LogP) is -3.43. The number of aromatic hydroxyl groups is 3. The van der Waals surface area contributed by atoms with Crippen molar-refractivity contribution in [2.75, 3.05) is 58.2 Å². The van der Waals surface area contributed by atoms with Gasteiger partial charge >= 0.3 is 17.9 Å². The number of nitrogen functional groups attached to an aromatic ring is 3. The second kappa shape index (κ2) is 29.3. The van der Waals surface area contributed by atoms with Gasteiger partial charge in [-0.2, -0.15) is 0 Å². The first-order valence-corrected chi connectivity index (χ1v) is 24.2. The largest absolute Gasteiger partial charge is 0.507 e. The molecule has 0 spiro atoms. The minimum Gasteiger partial charge on any atom is -0.507 e. The summed E-state index contributed by atoms with van der Waals surface area (Å²) >= 11 is 0. The van der Waals surface area contributed by atoms with Gasteiger partial charge in [0.05, 0.1) is 21.1 Å². The van der Waals surface area contributed by atoms with E-state index in [0.29, 0.717) is 0 Å². The topological polar surface area (TPSA) is 415 Å². The average molecular weight is 1040 g/mol. The van der Waals surface area contributed by atoms with Crippen molar-refractivity contribution in [3.63, 3.8) is 0 Å². The molecule has 3 heterocycles. The molecule has 0 bridgehead atoms. The number of anilines is 3. The monoisotopic (exact) mass is 1040 g/mol. The van der Waals surface area contributed by atoms with Gasteiger partial charge in [0.1, 0.15) is 109 Å². The number of ether oxygens (including phenoxy) is 8. The molecule has 73 heavy (non-hydrogen) atoms. The van der Waals surface area contributed by atoms with Crippen LogP contribution in [0.25, 0.3) is 0 Å². The molecule has 6 rings (SSSR count).